The Bertz CT molecular complexity index is 593. The average molecular weight is 302 g/mol. The first-order valence-electron chi connectivity index (χ1n) is 7.19. The van der Waals surface area contributed by atoms with Crippen LogP contribution in [0.1, 0.15) is 35.1 Å². The molecule has 0 aromatic carbocycles. The summed E-state index contributed by atoms with van der Waals surface area (Å²) in [6.07, 6.45) is 2.17. The Balaban J connectivity index is 1.74. The second-order valence-electron chi connectivity index (χ2n) is 5.08. The van der Waals surface area contributed by atoms with Crippen molar-refractivity contribution in [2.24, 2.45) is 0 Å². The first kappa shape index (κ1) is 14.0. The van der Waals surface area contributed by atoms with E-state index >= 15 is 0 Å². The van der Waals surface area contributed by atoms with Gasteiger partial charge in [0.2, 0.25) is 0 Å². The van der Waals surface area contributed by atoms with Crippen molar-refractivity contribution in [1.29, 1.82) is 0 Å². The molecule has 6 heteroatoms. The lowest BCUT2D eigenvalue weighted by atomic mass is 10.3. The van der Waals surface area contributed by atoms with Gasteiger partial charge in [0.1, 0.15) is 5.82 Å². The Kier molecular flexibility index (Phi) is 4.15. The topological polar surface area (TPSA) is 58.1 Å². The lowest BCUT2D eigenvalue weighted by Gasteiger charge is -2.21. The molecule has 1 aliphatic rings. The monoisotopic (exact) mass is 302 g/mol. The van der Waals surface area contributed by atoms with Gasteiger partial charge in [-0.15, -0.1) is 21.5 Å². The molecule has 0 saturated heterocycles. The van der Waals surface area contributed by atoms with Crippen LogP contribution in [0.25, 0.3) is 0 Å². The predicted molar refractivity (Wildman–Crippen MR) is 83.4 cm³/mol. The van der Waals surface area contributed by atoms with E-state index < -0.39 is 0 Å². The summed E-state index contributed by atoms with van der Waals surface area (Å²) >= 11 is 1.68. The van der Waals surface area contributed by atoms with E-state index in [1.165, 1.54) is 4.88 Å². The fourth-order valence-corrected chi connectivity index (χ4v) is 2.89. The van der Waals surface area contributed by atoms with Gasteiger partial charge < -0.3 is 10.2 Å². The van der Waals surface area contributed by atoms with Gasteiger partial charge in [-0.05, 0) is 43.3 Å². The maximum Gasteiger partial charge on any atom is 0.274 e. The van der Waals surface area contributed by atoms with Gasteiger partial charge in [-0.3, -0.25) is 4.79 Å². The van der Waals surface area contributed by atoms with Crippen molar-refractivity contribution in [3.05, 3.63) is 40.2 Å². The second kappa shape index (κ2) is 6.22. The van der Waals surface area contributed by atoms with Crippen LogP contribution in [-0.4, -0.2) is 33.6 Å². The largest absolute Gasteiger partial charge is 0.369 e. The second-order valence-corrected chi connectivity index (χ2v) is 6.11. The highest BCUT2D eigenvalue weighted by Crippen LogP contribution is 2.30. The normalized spacial score (nSPS) is 14.0. The maximum atomic E-state index is 12.6. The van der Waals surface area contributed by atoms with Gasteiger partial charge in [0.25, 0.3) is 5.91 Å². The molecule has 1 aliphatic carbocycles. The zero-order chi connectivity index (χ0) is 14.7. The minimum atomic E-state index is -0.0264. The van der Waals surface area contributed by atoms with Crippen LogP contribution in [-0.2, 0) is 6.54 Å². The van der Waals surface area contributed by atoms with E-state index in [0.29, 0.717) is 24.1 Å². The van der Waals surface area contributed by atoms with E-state index in [0.717, 1.165) is 19.4 Å². The summed E-state index contributed by atoms with van der Waals surface area (Å²) in [7, 11) is 0. The van der Waals surface area contributed by atoms with Gasteiger partial charge in [0.15, 0.2) is 5.69 Å². The van der Waals surface area contributed by atoms with E-state index in [1.54, 1.807) is 23.5 Å². The highest BCUT2D eigenvalue weighted by molar-refractivity contribution is 7.09. The number of hydrogen-bond donors (Lipinski definition) is 1. The third-order valence-electron chi connectivity index (χ3n) is 3.40. The molecule has 2 aromatic heterocycles. The minimum absolute atomic E-state index is 0.0264. The Morgan fingerprint density at radius 3 is 2.81 bits per heavy atom. The summed E-state index contributed by atoms with van der Waals surface area (Å²) in [6, 6.07) is 7.99. The van der Waals surface area contributed by atoms with Crippen molar-refractivity contribution in [1.82, 2.24) is 15.1 Å². The Labute approximate surface area is 128 Å². The number of anilines is 1. The number of carbonyl (C=O) groups is 1. The van der Waals surface area contributed by atoms with Crippen molar-refractivity contribution in [3.8, 4) is 0 Å². The number of nitrogens with one attached hydrogen (secondary N) is 1. The van der Waals surface area contributed by atoms with E-state index in [4.69, 9.17) is 0 Å². The van der Waals surface area contributed by atoms with Gasteiger partial charge in [-0.25, -0.2) is 0 Å². The van der Waals surface area contributed by atoms with Crippen LogP contribution in [0.4, 0.5) is 5.82 Å². The summed E-state index contributed by atoms with van der Waals surface area (Å²) in [6.45, 7) is 3.45. The molecule has 21 heavy (non-hydrogen) atoms. The van der Waals surface area contributed by atoms with E-state index in [2.05, 4.69) is 21.6 Å². The highest BCUT2D eigenvalue weighted by atomic mass is 32.1. The zero-order valence-corrected chi connectivity index (χ0v) is 12.8. The van der Waals surface area contributed by atoms with Gasteiger partial charge in [-0.1, -0.05) is 6.07 Å². The average Bonchev–Trinajstić information content (AvgIpc) is 3.22. The highest BCUT2D eigenvalue weighted by Gasteiger charge is 2.33. The Morgan fingerprint density at radius 2 is 2.24 bits per heavy atom. The Morgan fingerprint density at radius 1 is 1.38 bits per heavy atom. The third-order valence-corrected chi connectivity index (χ3v) is 4.26. The van der Waals surface area contributed by atoms with Gasteiger partial charge in [0.05, 0.1) is 6.54 Å². The molecule has 1 fully saturated rings. The summed E-state index contributed by atoms with van der Waals surface area (Å²) in [4.78, 5) is 15.8. The fraction of sp³-hybridized carbons (Fsp3) is 0.400. The molecule has 0 atom stereocenters. The minimum Gasteiger partial charge on any atom is -0.369 e. The van der Waals surface area contributed by atoms with Crippen LogP contribution in [0.5, 0.6) is 0 Å². The fourth-order valence-electron chi connectivity index (χ4n) is 2.19. The van der Waals surface area contributed by atoms with Gasteiger partial charge in [0, 0.05) is 17.5 Å². The van der Waals surface area contributed by atoms with Gasteiger partial charge >= 0.3 is 0 Å². The molecule has 1 saturated carbocycles. The van der Waals surface area contributed by atoms with E-state index in [9.17, 15) is 4.79 Å². The molecule has 110 valence electrons. The quantitative estimate of drug-likeness (QED) is 0.891. The number of hydrogen-bond acceptors (Lipinski definition) is 5. The standard InChI is InChI=1S/C15H18N4OS/c1-2-16-14-8-7-13(17-18-14)15(20)19(11-5-6-11)10-12-4-3-9-21-12/h3-4,7-9,11H,2,5-6,10H2,1H3,(H,16,18). The van der Waals surface area contributed by atoms with Crippen LogP contribution in [0.3, 0.4) is 0 Å². The molecule has 2 heterocycles. The Hall–Kier alpha value is -1.95. The molecule has 0 spiro atoms. The zero-order valence-electron chi connectivity index (χ0n) is 12.0. The van der Waals surface area contributed by atoms with Crippen LogP contribution >= 0.6 is 11.3 Å². The van der Waals surface area contributed by atoms with E-state index in [1.807, 2.05) is 23.3 Å². The van der Waals surface area contributed by atoms with Crippen molar-refractivity contribution in [2.45, 2.75) is 32.4 Å². The lowest BCUT2D eigenvalue weighted by Crippen LogP contribution is -2.33. The molecule has 5 nitrogen and oxygen atoms in total. The predicted octanol–water partition coefficient (Wildman–Crippen LogP) is 2.77. The number of rotatable bonds is 6. The smallest absolute Gasteiger partial charge is 0.274 e. The van der Waals surface area contributed by atoms with Crippen molar-refractivity contribution in [2.75, 3.05) is 11.9 Å². The van der Waals surface area contributed by atoms with Crippen LogP contribution < -0.4 is 5.32 Å². The molecule has 3 rings (SSSR count). The third kappa shape index (κ3) is 3.39. The molecule has 0 unspecified atom stereocenters. The summed E-state index contributed by atoms with van der Waals surface area (Å²) in [5.41, 5.74) is 0.417. The number of carbonyl (C=O) groups excluding carboxylic acids is 1. The van der Waals surface area contributed by atoms with Gasteiger partial charge in [-0.2, -0.15) is 0 Å². The number of thiophene rings is 1. The number of nitrogens with zero attached hydrogens (tertiary/aromatic N) is 3. The molecular formula is C15H18N4OS. The molecule has 0 aliphatic heterocycles. The first-order chi connectivity index (χ1) is 10.3. The van der Waals surface area contributed by atoms with Crippen molar-refractivity contribution < 1.29 is 4.79 Å². The number of amides is 1. The van der Waals surface area contributed by atoms with Crippen LogP contribution in [0.2, 0.25) is 0 Å². The summed E-state index contributed by atoms with van der Waals surface area (Å²) < 4.78 is 0. The summed E-state index contributed by atoms with van der Waals surface area (Å²) in [5, 5.41) is 13.2. The van der Waals surface area contributed by atoms with Crippen molar-refractivity contribution >= 4 is 23.1 Å². The number of aromatic nitrogens is 2. The summed E-state index contributed by atoms with van der Waals surface area (Å²) in [5.74, 6) is 0.673. The van der Waals surface area contributed by atoms with E-state index in [-0.39, 0.29) is 5.91 Å². The van der Waals surface area contributed by atoms with Crippen LogP contribution in [0.15, 0.2) is 29.6 Å². The molecule has 2 aromatic rings. The molecule has 1 amide bonds. The maximum absolute atomic E-state index is 12.6. The lowest BCUT2D eigenvalue weighted by molar-refractivity contribution is 0.0724. The molecule has 0 radical (unpaired) electrons. The van der Waals surface area contributed by atoms with Crippen molar-refractivity contribution in [3.63, 3.8) is 0 Å². The SMILES string of the molecule is CCNc1ccc(C(=O)N(Cc2cccs2)C2CC2)nn1. The van der Waals surface area contributed by atoms with Crippen LogP contribution in [0, 0.1) is 0 Å². The first-order valence-corrected chi connectivity index (χ1v) is 8.07. The molecular weight excluding hydrogens is 284 g/mol. The molecule has 0 bridgehead atoms. The molecule has 1 N–H and O–H groups in total.